The third-order valence-corrected chi connectivity index (χ3v) is 2.17. The Kier molecular flexibility index (Phi) is 2.33. The number of carbonyl (C=O) groups excluding carboxylic acids is 1. The monoisotopic (exact) mass is 204 g/mol. The smallest absolute Gasteiger partial charge is 0.265 e. The van der Waals surface area contributed by atoms with Crippen LogP contribution in [0.1, 0.15) is 17.4 Å². The van der Waals surface area contributed by atoms with Gasteiger partial charge in [0.15, 0.2) is 0 Å². The van der Waals surface area contributed by atoms with Gasteiger partial charge in [0, 0.05) is 17.0 Å². The molecule has 1 aromatic carbocycles. The van der Waals surface area contributed by atoms with Gasteiger partial charge in [0.2, 0.25) is 0 Å². The van der Waals surface area contributed by atoms with Gasteiger partial charge in [-0.05, 0) is 25.1 Å². The molecule has 0 saturated carbocycles. The lowest BCUT2D eigenvalue weighted by atomic mass is 10.2. The fourth-order valence-corrected chi connectivity index (χ4v) is 1.50. The van der Waals surface area contributed by atoms with Gasteiger partial charge in [-0.25, -0.2) is 0 Å². The van der Waals surface area contributed by atoms with E-state index in [1.165, 1.54) is 0 Å². The van der Waals surface area contributed by atoms with E-state index in [0.717, 1.165) is 16.7 Å². The lowest BCUT2D eigenvalue weighted by molar-refractivity contribution is 0.0996. The summed E-state index contributed by atoms with van der Waals surface area (Å²) in [4.78, 5) is 13.9. The zero-order chi connectivity index (χ0) is 10.8. The van der Waals surface area contributed by atoms with Gasteiger partial charge in [-0.1, -0.05) is 0 Å². The first-order valence-electron chi connectivity index (χ1n) is 4.76. The van der Waals surface area contributed by atoms with E-state index in [-0.39, 0.29) is 0 Å². The largest absolute Gasteiger partial charge is 0.494 e. The van der Waals surface area contributed by atoms with Gasteiger partial charge in [-0.2, -0.15) is 0 Å². The van der Waals surface area contributed by atoms with E-state index in [9.17, 15) is 4.79 Å². The molecule has 1 heterocycles. The molecule has 78 valence electrons. The normalized spacial score (nSPS) is 10.5. The van der Waals surface area contributed by atoms with Crippen molar-refractivity contribution >= 4 is 16.8 Å². The lowest BCUT2D eigenvalue weighted by Gasteiger charge is -2.01. The van der Waals surface area contributed by atoms with Crippen LogP contribution in [0.3, 0.4) is 0 Å². The maximum atomic E-state index is 10.9. The Hall–Kier alpha value is -1.97. The number of primary amides is 1. The summed E-state index contributed by atoms with van der Waals surface area (Å²) in [6.07, 6.45) is 0. The Labute approximate surface area is 87.0 Å². The summed E-state index contributed by atoms with van der Waals surface area (Å²) in [6, 6.07) is 7.34. The first kappa shape index (κ1) is 9.58. The summed E-state index contributed by atoms with van der Waals surface area (Å²) in [7, 11) is 0. The summed E-state index contributed by atoms with van der Waals surface area (Å²) in [5, 5.41) is 0.951. The molecule has 1 amide bonds. The summed E-state index contributed by atoms with van der Waals surface area (Å²) in [5.74, 6) is 0.326. The Balaban J connectivity index is 2.47. The standard InChI is InChI=1S/C11H12N2O2/c1-2-15-8-4-3-7-5-10(11(12)14)13-9(7)6-8/h3-6,13H,2H2,1H3,(H2,12,14). The number of aromatic amines is 1. The molecule has 2 rings (SSSR count). The lowest BCUT2D eigenvalue weighted by Crippen LogP contribution is -2.10. The van der Waals surface area contributed by atoms with Crippen molar-refractivity contribution in [3.63, 3.8) is 0 Å². The molecule has 0 radical (unpaired) electrons. The van der Waals surface area contributed by atoms with Crippen LogP contribution in [0.15, 0.2) is 24.3 Å². The zero-order valence-corrected chi connectivity index (χ0v) is 8.41. The molecule has 0 aliphatic heterocycles. The topological polar surface area (TPSA) is 68.1 Å². The minimum atomic E-state index is -0.454. The average Bonchev–Trinajstić information content (AvgIpc) is 2.61. The van der Waals surface area contributed by atoms with Crippen molar-refractivity contribution in [2.75, 3.05) is 6.61 Å². The number of hydrogen-bond donors (Lipinski definition) is 2. The summed E-state index contributed by atoms with van der Waals surface area (Å²) < 4.78 is 5.35. The SMILES string of the molecule is CCOc1ccc2cc(C(N)=O)[nH]c2c1. The average molecular weight is 204 g/mol. The number of ether oxygens (including phenoxy) is 1. The van der Waals surface area contributed by atoms with Crippen LogP contribution in [0.5, 0.6) is 5.75 Å². The fraction of sp³-hybridized carbons (Fsp3) is 0.182. The Morgan fingerprint density at radius 2 is 2.27 bits per heavy atom. The number of amides is 1. The molecule has 1 aromatic heterocycles. The van der Waals surface area contributed by atoms with Crippen molar-refractivity contribution in [3.8, 4) is 5.75 Å². The number of benzene rings is 1. The molecule has 0 bridgehead atoms. The fourth-order valence-electron chi connectivity index (χ4n) is 1.50. The molecule has 0 fully saturated rings. The highest BCUT2D eigenvalue weighted by Crippen LogP contribution is 2.21. The van der Waals surface area contributed by atoms with Crippen molar-refractivity contribution < 1.29 is 9.53 Å². The van der Waals surface area contributed by atoms with Crippen LogP contribution >= 0.6 is 0 Å². The maximum Gasteiger partial charge on any atom is 0.265 e. The number of carbonyl (C=O) groups is 1. The number of H-pyrrole nitrogens is 1. The second kappa shape index (κ2) is 3.65. The van der Waals surface area contributed by atoms with E-state index in [0.29, 0.717) is 12.3 Å². The third-order valence-electron chi connectivity index (χ3n) is 2.17. The Bertz CT molecular complexity index is 502. The summed E-state index contributed by atoms with van der Waals surface area (Å²) in [5.41, 5.74) is 6.44. The van der Waals surface area contributed by atoms with E-state index in [1.807, 2.05) is 25.1 Å². The number of nitrogens with two attached hydrogens (primary N) is 1. The highest BCUT2D eigenvalue weighted by atomic mass is 16.5. The van der Waals surface area contributed by atoms with Crippen LogP contribution in [0, 0.1) is 0 Å². The molecule has 2 aromatic rings. The van der Waals surface area contributed by atoms with Crippen molar-refractivity contribution in [2.24, 2.45) is 5.73 Å². The van der Waals surface area contributed by atoms with Gasteiger partial charge >= 0.3 is 0 Å². The van der Waals surface area contributed by atoms with Gasteiger partial charge in [0.1, 0.15) is 11.4 Å². The van der Waals surface area contributed by atoms with Gasteiger partial charge in [-0.3, -0.25) is 4.79 Å². The van der Waals surface area contributed by atoms with E-state index in [4.69, 9.17) is 10.5 Å². The van der Waals surface area contributed by atoms with E-state index in [1.54, 1.807) is 6.07 Å². The van der Waals surface area contributed by atoms with Gasteiger partial charge in [0.05, 0.1) is 6.61 Å². The van der Waals surface area contributed by atoms with Gasteiger partial charge in [-0.15, -0.1) is 0 Å². The van der Waals surface area contributed by atoms with Crippen LogP contribution in [-0.2, 0) is 0 Å². The first-order chi connectivity index (χ1) is 7.20. The molecule has 3 N–H and O–H groups in total. The molecule has 0 aliphatic rings. The molecule has 0 spiro atoms. The highest BCUT2D eigenvalue weighted by molar-refractivity contribution is 5.97. The van der Waals surface area contributed by atoms with E-state index >= 15 is 0 Å². The minimum absolute atomic E-state index is 0.415. The number of aromatic nitrogens is 1. The molecule has 4 heteroatoms. The van der Waals surface area contributed by atoms with Gasteiger partial charge < -0.3 is 15.5 Å². The van der Waals surface area contributed by atoms with Crippen molar-refractivity contribution in [3.05, 3.63) is 30.0 Å². The highest BCUT2D eigenvalue weighted by Gasteiger charge is 2.05. The number of rotatable bonds is 3. The third kappa shape index (κ3) is 1.79. The van der Waals surface area contributed by atoms with E-state index in [2.05, 4.69) is 4.98 Å². The van der Waals surface area contributed by atoms with Crippen molar-refractivity contribution in [2.45, 2.75) is 6.92 Å². The molecule has 0 aliphatic carbocycles. The van der Waals surface area contributed by atoms with Crippen LogP contribution in [-0.4, -0.2) is 17.5 Å². The summed E-state index contributed by atoms with van der Waals surface area (Å²) in [6.45, 7) is 2.54. The minimum Gasteiger partial charge on any atom is -0.494 e. The molecule has 15 heavy (non-hydrogen) atoms. The number of nitrogens with one attached hydrogen (secondary N) is 1. The Morgan fingerprint density at radius 1 is 1.47 bits per heavy atom. The molecular formula is C11H12N2O2. The van der Waals surface area contributed by atoms with Crippen LogP contribution in [0.4, 0.5) is 0 Å². The van der Waals surface area contributed by atoms with Crippen LogP contribution < -0.4 is 10.5 Å². The molecule has 0 saturated heterocycles. The first-order valence-corrected chi connectivity index (χ1v) is 4.76. The van der Waals surface area contributed by atoms with Crippen LogP contribution in [0.2, 0.25) is 0 Å². The second-order valence-corrected chi connectivity index (χ2v) is 3.23. The van der Waals surface area contributed by atoms with Crippen molar-refractivity contribution in [1.29, 1.82) is 0 Å². The molecular weight excluding hydrogens is 192 g/mol. The predicted molar refractivity (Wildman–Crippen MR) is 58.0 cm³/mol. The number of hydrogen-bond acceptors (Lipinski definition) is 2. The maximum absolute atomic E-state index is 10.9. The quantitative estimate of drug-likeness (QED) is 0.798. The Morgan fingerprint density at radius 3 is 2.93 bits per heavy atom. The molecule has 0 atom stereocenters. The van der Waals surface area contributed by atoms with Gasteiger partial charge in [0.25, 0.3) is 5.91 Å². The predicted octanol–water partition coefficient (Wildman–Crippen LogP) is 1.67. The molecule has 4 nitrogen and oxygen atoms in total. The summed E-state index contributed by atoms with van der Waals surface area (Å²) >= 11 is 0. The second-order valence-electron chi connectivity index (χ2n) is 3.23. The number of fused-ring (bicyclic) bond motifs is 1. The van der Waals surface area contributed by atoms with E-state index < -0.39 is 5.91 Å². The van der Waals surface area contributed by atoms with Crippen LogP contribution in [0.25, 0.3) is 10.9 Å². The zero-order valence-electron chi connectivity index (χ0n) is 8.41. The molecule has 0 unspecified atom stereocenters. The van der Waals surface area contributed by atoms with Crippen molar-refractivity contribution in [1.82, 2.24) is 4.98 Å².